The minimum absolute atomic E-state index is 0.712. The zero-order valence-electron chi connectivity index (χ0n) is 11.8. The first-order valence-electron chi connectivity index (χ1n) is 6.65. The molecular weight excluding hydrogens is 228 g/mol. The van der Waals surface area contributed by atoms with Gasteiger partial charge in [0.15, 0.2) is 0 Å². The Bertz CT molecular complexity index is 329. The smallest absolute Gasteiger partial charge is 0.0931 e. The highest BCUT2D eigenvalue weighted by molar-refractivity contribution is 7.11. The molecule has 0 unspecified atom stereocenters. The average Bonchev–Trinajstić information content (AvgIpc) is 2.56. The van der Waals surface area contributed by atoms with Crippen molar-refractivity contribution in [3.8, 4) is 0 Å². The first-order valence-corrected chi connectivity index (χ1v) is 7.46. The van der Waals surface area contributed by atoms with Crippen molar-refractivity contribution in [1.29, 1.82) is 0 Å². The van der Waals surface area contributed by atoms with E-state index in [1.54, 1.807) is 0 Å². The first-order chi connectivity index (χ1) is 7.99. The highest BCUT2D eigenvalue weighted by Crippen LogP contribution is 2.20. The number of aryl methyl sites for hydroxylation is 2. The molecule has 0 bridgehead atoms. The van der Waals surface area contributed by atoms with Crippen LogP contribution in [-0.4, -0.2) is 11.5 Å². The van der Waals surface area contributed by atoms with Crippen LogP contribution < -0.4 is 5.32 Å². The van der Waals surface area contributed by atoms with Gasteiger partial charge in [0.05, 0.1) is 10.7 Å². The third-order valence-corrected chi connectivity index (χ3v) is 3.93. The van der Waals surface area contributed by atoms with Crippen molar-refractivity contribution in [2.75, 3.05) is 6.54 Å². The van der Waals surface area contributed by atoms with Gasteiger partial charge in [0.1, 0.15) is 0 Å². The Morgan fingerprint density at radius 1 is 1.18 bits per heavy atom. The fraction of sp³-hybridized carbons (Fsp3) is 0.786. The van der Waals surface area contributed by atoms with Crippen molar-refractivity contribution in [2.45, 2.75) is 54.0 Å². The van der Waals surface area contributed by atoms with Gasteiger partial charge < -0.3 is 5.32 Å². The van der Waals surface area contributed by atoms with Crippen LogP contribution in [0.2, 0.25) is 0 Å². The summed E-state index contributed by atoms with van der Waals surface area (Å²) in [5.41, 5.74) is 1.21. The largest absolute Gasteiger partial charge is 0.312 e. The number of nitrogens with one attached hydrogen (secondary N) is 1. The molecule has 0 radical (unpaired) electrons. The van der Waals surface area contributed by atoms with Gasteiger partial charge in [-0.05, 0) is 38.1 Å². The molecule has 0 aromatic carbocycles. The number of hydrogen-bond acceptors (Lipinski definition) is 3. The maximum Gasteiger partial charge on any atom is 0.0931 e. The number of hydrogen-bond donors (Lipinski definition) is 1. The predicted octanol–water partition coefficient (Wildman–Crippen LogP) is 3.79. The van der Waals surface area contributed by atoms with E-state index in [2.05, 4.69) is 44.9 Å². The van der Waals surface area contributed by atoms with E-state index < -0.39 is 0 Å². The van der Waals surface area contributed by atoms with Gasteiger partial charge in [-0.25, -0.2) is 4.98 Å². The fourth-order valence-corrected chi connectivity index (χ4v) is 2.70. The Balaban J connectivity index is 2.44. The molecule has 1 aromatic rings. The van der Waals surface area contributed by atoms with Crippen molar-refractivity contribution in [1.82, 2.24) is 10.3 Å². The molecule has 0 fully saturated rings. The van der Waals surface area contributed by atoms with Gasteiger partial charge in [-0.15, -0.1) is 11.3 Å². The monoisotopic (exact) mass is 254 g/mol. The molecule has 1 heterocycles. The van der Waals surface area contributed by atoms with Crippen LogP contribution in [0.25, 0.3) is 0 Å². The van der Waals surface area contributed by atoms with Crippen LogP contribution in [0, 0.1) is 18.8 Å². The standard InChI is InChI=1S/C14H26N2S/c1-10(2)6-7-14-16-12(5)13(17-14)9-15-8-11(3)4/h10-11,15H,6-9H2,1-5H3. The molecule has 3 heteroatoms. The number of nitrogens with zero attached hydrogens (tertiary/aromatic N) is 1. The Morgan fingerprint density at radius 3 is 2.47 bits per heavy atom. The van der Waals surface area contributed by atoms with Crippen LogP contribution in [0.5, 0.6) is 0 Å². The second-order valence-electron chi connectivity index (χ2n) is 5.57. The molecule has 17 heavy (non-hydrogen) atoms. The molecule has 0 amide bonds. The van der Waals surface area contributed by atoms with Gasteiger partial charge in [0.2, 0.25) is 0 Å². The van der Waals surface area contributed by atoms with Crippen molar-refractivity contribution < 1.29 is 0 Å². The predicted molar refractivity (Wildman–Crippen MR) is 76.6 cm³/mol. The van der Waals surface area contributed by atoms with Gasteiger partial charge in [-0.1, -0.05) is 27.7 Å². The Kier molecular flexibility index (Phi) is 6.14. The molecule has 1 rings (SSSR count). The van der Waals surface area contributed by atoms with Crippen molar-refractivity contribution >= 4 is 11.3 Å². The van der Waals surface area contributed by atoms with E-state index in [9.17, 15) is 0 Å². The van der Waals surface area contributed by atoms with Crippen LogP contribution in [0.4, 0.5) is 0 Å². The summed E-state index contributed by atoms with van der Waals surface area (Å²) in [7, 11) is 0. The molecule has 98 valence electrons. The van der Waals surface area contributed by atoms with Crippen LogP contribution in [-0.2, 0) is 13.0 Å². The van der Waals surface area contributed by atoms with Crippen LogP contribution in [0.15, 0.2) is 0 Å². The minimum atomic E-state index is 0.712. The molecule has 0 aliphatic rings. The maximum atomic E-state index is 4.66. The molecule has 1 N–H and O–H groups in total. The van der Waals surface area contributed by atoms with Gasteiger partial charge in [0, 0.05) is 11.4 Å². The van der Waals surface area contributed by atoms with Gasteiger partial charge in [-0.3, -0.25) is 0 Å². The van der Waals surface area contributed by atoms with E-state index in [0.717, 1.165) is 25.4 Å². The summed E-state index contributed by atoms with van der Waals surface area (Å²) in [5, 5.41) is 4.79. The van der Waals surface area contributed by atoms with Gasteiger partial charge in [-0.2, -0.15) is 0 Å². The highest BCUT2D eigenvalue weighted by Gasteiger charge is 2.08. The second kappa shape index (κ2) is 7.12. The molecule has 0 saturated heterocycles. The minimum Gasteiger partial charge on any atom is -0.312 e. The molecule has 0 saturated carbocycles. The van der Waals surface area contributed by atoms with Crippen LogP contribution >= 0.6 is 11.3 Å². The molecule has 0 aliphatic carbocycles. The maximum absolute atomic E-state index is 4.66. The molecule has 2 nitrogen and oxygen atoms in total. The Hall–Kier alpha value is -0.410. The quantitative estimate of drug-likeness (QED) is 0.801. The van der Waals surface area contributed by atoms with E-state index in [1.165, 1.54) is 22.0 Å². The van der Waals surface area contributed by atoms with E-state index in [0.29, 0.717) is 5.92 Å². The normalized spacial score (nSPS) is 11.7. The fourth-order valence-electron chi connectivity index (χ4n) is 1.65. The van der Waals surface area contributed by atoms with Crippen molar-refractivity contribution in [3.05, 3.63) is 15.6 Å². The topological polar surface area (TPSA) is 24.9 Å². The lowest BCUT2D eigenvalue weighted by molar-refractivity contribution is 0.554. The van der Waals surface area contributed by atoms with E-state index in [1.807, 2.05) is 11.3 Å². The number of thiazole rings is 1. The summed E-state index contributed by atoms with van der Waals surface area (Å²) >= 11 is 1.88. The second-order valence-corrected chi connectivity index (χ2v) is 6.74. The average molecular weight is 254 g/mol. The van der Waals surface area contributed by atoms with E-state index >= 15 is 0 Å². The lowest BCUT2D eigenvalue weighted by Crippen LogP contribution is -2.18. The van der Waals surface area contributed by atoms with E-state index in [-0.39, 0.29) is 0 Å². The van der Waals surface area contributed by atoms with Crippen LogP contribution in [0.3, 0.4) is 0 Å². The molecule has 1 aromatic heterocycles. The lowest BCUT2D eigenvalue weighted by Gasteiger charge is -2.05. The summed E-state index contributed by atoms with van der Waals surface area (Å²) in [6.45, 7) is 13.2. The Labute approximate surface area is 110 Å². The number of aromatic nitrogens is 1. The molecule has 0 aliphatic heterocycles. The molecule has 0 spiro atoms. The SMILES string of the molecule is Cc1nc(CCC(C)C)sc1CNCC(C)C. The first kappa shape index (κ1) is 14.7. The van der Waals surface area contributed by atoms with Crippen molar-refractivity contribution in [2.24, 2.45) is 11.8 Å². The van der Waals surface area contributed by atoms with Gasteiger partial charge in [0.25, 0.3) is 0 Å². The third-order valence-electron chi connectivity index (χ3n) is 2.71. The summed E-state index contributed by atoms with van der Waals surface area (Å²) in [5.74, 6) is 1.48. The van der Waals surface area contributed by atoms with Crippen molar-refractivity contribution in [3.63, 3.8) is 0 Å². The Morgan fingerprint density at radius 2 is 1.88 bits per heavy atom. The van der Waals surface area contributed by atoms with E-state index in [4.69, 9.17) is 0 Å². The summed E-state index contributed by atoms with van der Waals surface area (Å²) in [6.07, 6.45) is 2.37. The summed E-state index contributed by atoms with van der Waals surface area (Å²) in [6, 6.07) is 0. The van der Waals surface area contributed by atoms with Crippen LogP contribution in [0.1, 0.15) is 49.7 Å². The molecular formula is C14H26N2S. The third kappa shape index (κ3) is 5.64. The molecule has 0 atom stereocenters. The zero-order chi connectivity index (χ0) is 12.8. The highest BCUT2D eigenvalue weighted by atomic mass is 32.1. The number of rotatable bonds is 7. The van der Waals surface area contributed by atoms with Gasteiger partial charge >= 0.3 is 0 Å². The summed E-state index contributed by atoms with van der Waals surface area (Å²) < 4.78 is 0. The zero-order valence-corrected chi connectivity index (χ0v) is 12.7. The summed E-state index contributed by atoms with van der Waals surface area (Å²) in [4.78, 5) is 6.07. The lowest BCUT2D eigenvalue weighted by atomic mass is 10.1.